The van der Waals surface area contributed by atoms with Crippen molar-refractivity contribution in [2.75, 3.05) is 25.7 Å². The number of nitrogens with two attached hydrogens (primary N) is 1. The molecule has 170 valence electrons. The molecule has 0 aromatic heterocycles. The fraction of sp³-hybridized carbons (Fsp3) is 0.318. The summed E-state index contributed by atoms with van der Waals surface area (Å²) in [5.74, 6) is -1.66. The summed E-state index contributed by atoms with van der Waals surface area (Å²) >= 11 is 0. The molecule has 0 aliphatic carbocycles. The van der Waals surface area contributed by atoms with Gasteiger partial charge in [0.25, 0.3) is 11.8 Å². The van der Waals surface area contributed by atoms with E-state index in [1.807, 2.05) is 0 Å². The minimum Gasteiger partial charge on any atom is -0.493 e. The molecular weight excluding hydrogens is 436 g/mol. The van der Waals surface area contributed by atoms with Gasteiger partial charge in [-0.3, -0.25) is 19.3 Å². The number of carbonyl (C=O) groups is 3. The molecule has 1 unspecified atom stereocenters. The molecule has 1 aliphatic heterocycles. The summed E-state index contributed by atoms with van der Waals surface area (Å²) in [5, 5.41) is 0. The van der Waals surface area contributed by atoms with E-state index in [0.717, 1.165) is 11.2 Å². The van der Waals surface area contributed by atoms with Gasteiger partial charge in [-0.2, -0.15) is 0 Å². The molecule has 32 heavy (non-hydrogen) atoms. The number of hydrogen-bond donors (Lipinski definition) is 1. The van der Waals surface area contributed by atoms with Crippen LogP contribution in [0.1, 0.15) is 44.8 Å². The average molecular weight is 461 g/mol. The maximum Gasteiger partial charge on any atom is 0.262 e. The van der Waals surface area contributed by atoms with Crippen LogP contribution in [-0.2, 0) is 21.1 Å². The number of hydrogen-bond acceptors (Lipinski definition) is 7. The molecule has 3 rings (SSSR count). The number of rotatable bonds is 9. The number of primary amides is 1. The third kappa shape index (κ3) is 4.59. The number of nitrogens with zero attached hydrogens (tertiary/aromatic N) is 1. The van der Waals surface area contributed by atoms with E-state index < -0.39 is 39.4 Å². The van der Waals surface area contributed by atoms with Crippen LogP contribution in [0.5, 0.6) is 11.5 Å². The van der Waals surface area contributed by atoms with Crippen molar-refractivity contribution in [3.05, 3.63) is 58.7 Å². The minimum atomic E-state index is -3.61. The van der Waals surface area contributed by atoms with Crippen LogP contribution in [0, 0.1) is 0 Å². The Labute approximate surface area is 186 Å². The number of fused-ring (bicyclic) bond motifs is 1. The van der Waals surface area contributed by atoms with Crippen LogP contribution in [0.3, 0.4) is 0 Å². The van der Waals surface area contributed by atoms with Gasteiger partial charge in [0.05, 0.1) is 43.1 Å². The second-order valence-corrected chi connectivity index (χ2v) is 9.60. The topological polar surface area (TPSA) is 133 Å². The lowest BCUT2D eigenvalue weighted by Gasteiger charge is -2.27. The van der Waals surface area contributed by atoms with E-state index in [-0.39, 0.29) is 17.5 Å². The van der Waals surface area contributed by atoms with E-state index in [4.69, 9.17) is 15.2 Å². The highest BCUT2D eigenvalue weighted by Crippen LogP contribution is 2.37. The zero-order valence-electron chi connectivity index (χ0n) is 18.0. The highest BCUT2D eigenvalue weighted by atomic mass is 32.2. The molecule has 0 saturated heterocycles. The summed E-state index contributed by atoms with van der Waals surface area (Å²) < 4.78 is 35.3. The van der Waals surface area contributed by atoms with E-state index in [2.05, 4.69) is 0 Å². The van der Waals surface area contributed by atoms with Crippen LogP contribution >= 0.6 is 0 Å². The van der Waals surface area contributed by atoms with Crippen molar-refractivity contribution in [3.8, 4) is 11.5 Å². The fourth-order valence-corrected chi connectivity index (χ4v) is 4.68. The fourth-order valence-electron chi connectivity index (χ4n) is 3.77. The van der Waals surface area contributed by atoms with Gasteiger partial charge >= 0.3 is 0 Å². The van der Waals surface area contributed by atoms with Crippen molar-refractivity contribution in [2.45, 2.75) is 19.4 Å². The Bertz CT molecular complexity index is 1190. The number of carbonyl (C=O) groups excluding carboxylic acids is 3. The number of methoxy groups -OCH3 is 1. The molecular formula is C22H24N2O7S. The lowest BCUT2D eigenvalue weighted by atomic mass is 10.0. The first-order chi connectivity index (χ1) is 15.1. The SMILES string of the molecule is CCOc1cc(C(CS(C)(=O)=O)N2C(=O)c3cccc(CC(N)=O)c3C2=O)ccc1OC. The summed E-state index contributed by atoms with van der Waals surface area (Å²) in [7, 11) is -2.14. The van der Waals surface area contributed by atoms with Gasteiger partial charge in [0.15, 0.2) is 11.5 Å². The van der Waals surface area contributed by atoms with Gasteiger partial charge in [-0.15, -0.1) is 0 Å². The average Bonchev–Trinajstić information content (AvgIpc) is 2.96. The van der Waals surface area contributed by atoms with Crippen molar-refractivity contribution >= 4 is 27.6 Å². The van der Waals surface area contributed by atoms with Gasteiger partial charge in [0, 0.05) is 6.26 Å². The number of benzene rings is 2. The molecule has 0 saturated carbocycles. The smallest absolute Gasteiger partial charge is 0.262 e. The highest BCUT2D eigenvalue weighted by Gasteiger charge is 2.43. The molecule has 3 amide bonds. The Balaban J connectivity index is 2.13. The van der Waals surface area contributed by atoms with E-state index in [0.29, 0.717) is 29.2 Å². The monoisotopic (exact) mass is 460 g/mol. The quantitative estimate of drug-likeness (QED) is 0.561. The standard InChI is InChI=1S/C22H24N2O7S/c1-4-31-18-10-13(8-9-17(18)30-2)16(12-32(3,28)29)24-21(26)15-7-5-6-14(11-19(23)25)20(15)22(24)27/h5-10,16H,4,11-12H2,1-3H3,(H2,23,25). The largest absolute Gasteiger partial charge is 0.493 e. The van der Waals surface area contributed by atoms with Crippen molar-refractivity contribution in [2.24, 2.45) is 5.73 Å². The maximum atomic E-state index is 13.3. The van der Waals surface area contributed by atoms with Crippen LogP contribution in [0.2, 0.25) is 0 Å². The Morgan fingerprint density at radius 3 is 2.44 bits per heavy atom. The van der Waals surface area contributed by atoms with Gasteiger partial charge < -0.3 is 15.2 Å². The zero-order chi connectivity index (χ0) is 23.6. The van der Waals surface area contributed by atoms with Crippen LogP contribution in [0.4, 0.5) is 0 Å². The number of imide groups is 1. The Hall–Kier alpha value is -3.40. The van der Waals surface area contributed by atoms with E-state index in [9.17, 15) is 22.8 Å². The second-order valence-electron chi connectivity index (χ2n) is 7.41. The Kier molecular flexibility index (Phi) is 6.54. The maximum absolute atomic E-state index is 13.3. The summed E-state index contributed by atoms with van der Waals surface area (Å²) in [6, 6.07) is 8.20. The lowest BCUT2D eigenvalue weighted by molar-refractivity contribution is -0.117. The predicted octanol–water partition coefficient (Wildman–Crippen LogP) is 1.50. The van der Waals surface area contributed by atoms with E-state index in [1.54, 1.807) is 37.3 Å². The lowest BCUT2D eigenvalue weighted by Crippen LogP contribution is -2.38. The van der Waals surface area contributed by atoms with Crippen molar-refractivity contribution in [1.29, 1.82) is 0 Å². The molecule has 1 atom stereocenters. The van der Waals surface area contributed by atoms with Gasteiger partial charge in [0.1, 0.15) is 9.84 Å². The normalized spacial score (nSPS) is 14.3. The first kappa shape index (κ1) is 23.3. The Morgan fingerprint density at radius 1 is 1.12 bits per heavy atom. The Morgan fingerprint density at radius 2 is 1.84 bits per heavy atom. The van der Waals surface area contributed by atoms with Gasteiger partial charge in [-0.1, -0.05) is 18.2 Å². The summed E-state index contributed by atoms with van der Waals surface area (Å²) in [6.45, 7) is 2.12. The third-order valence-electron chi connectivity index (χ3n) is 5.04. The molecule has 0 spiro atoms. The van der Waals surface area contributed by atoms with Crippen molar-refractivity contribution in [1.82, 2.24) is 4.90 Å². The van der Waals surface area contributed by atoms with Crippen molar-refractivity contribution in [3.63, 3.8) is 0 Å². The molecule has 0 bridgehead atoms. The van der Waals surface area contributed by atoms with Crippen LogP contribution in [-0.4, -0.2) is 56.8 Å². The molecule has 10 heteroatoms. The second kappa shape index (κ2) is 8.99. The molecule has 2 aromatic rings. The summed E-state index contributed by atoms with van der Waals surface area (Å²) in [6.07, 6.45) is 0.813. The third-order valence-corrected chi connectivity index (χ3v) is 5.96. The summed E-state index contributed by atoms with van der Waals surface area (Å²) in [4.78, 5) is 38.9. The van der Waals surface area contributed by atoms with Crippen LogP contribution in [0.25, 0.3) is 0 Å². The van der Waals surface area contributed by atoms with E-state index >= 15 is 0 Å². The first-order valence-corrected chi connectivity index (χ1v) is 11.9. The zero-order valence-corrected chi connectivity index (χ0v) is 18.8. The molecule has 9 nitrogen and oxygen atoms in total. The minimum absolute atomic E-state index is 0.0633. The molecule has 0 radical (unpaired) electrons. The summed E-state index contributed by atoms with van der Waals surface area (Å²) in [5.41, 5.74) is 6.16. The molecule has 2 N–H and O–H groups in total. The van der Waals surface area contributed by atoms with Crippen LogP contribution in [0.15, 0.2) is 36.4 Å². The van der Waals surface area contributed by atoms with E-state index in [1.165, 1.54) is 13.2 Å². The highest BCUT2D eigenvalue weighted by molar-refractivity contribution is 7.90. The number of ether oxygens (including phenoxy) is 2. The van der Waals surface area contributed by atoms with Gasteiger partial charge in [-0.25, -0.2) is 8.42 Å². The number of sulfone groups is 1. The number of amides is 3. The molecule has 1 heterocycles. The molecule has 1 aliphatic rings. The van der Waals surface area contributed by atoms with Gasteiger partial charge in [-0.05, 0) is 36.2 Å². The first-order valence-electron chi connectivity index (χ1n) is 9.84. The van der Waals surface area contributed by atoms with Crippen molar-refractivity contribution < 1.29 is 32.3 Å². The molecule has 2 aromatic carbocycles. The predicted molar refractivity (Wildman–Crippen MR) is 116 cm³/mol. The van der Waals surface area contributed by atoms with Gasteiger partial charge in [0.2, 0.25) is 5.91 Å². The molecule has 0 fully saturated rings. The van der Waals surface area contributed by atoms with Crippen LogP contribution < -0.4 is 15.2 Å².